The van der Waals surface area contributed by atoms with Crippen LogP contribution in [0.25, 0.3) is 0 Å². The molecule has 5 nitrogen and oxygen atoms in total. The average molecular weight is 287 g/mol. The van der Waals surface area contributed by atoms with Crippen molar-refractivity contribution in [2.75, 3.05) is 6.54 Å². The third-order valence-electron chi connectivity index (χ3n) is 2.93. The molecule has 108 valence electrons. The van der Waals surface area contributed by atoms with E-state index >= 15 is 0 Å². The minimum absolute atomic E-state index is 0.0723. The van der Waals surface area contributed by atoms with Crippen LogP contribution < -0.4 is 0 Å². The molecule has 1 heterocycles. The highest BCUT2D eigenvalue weighted by Crippen LogP contribution is 2.30. The van der Waals surface area contributed by atoms with Gasteiger partial charge in [-0.3, -0.25) is 0 Å². The van der Waals surface area contributed by atoms with Gasteiger partial charge >= 0.3 is 0 Å². The predicted molar refractivity (Wildman–Crippen MR) is 73.3 cm³/mol. The molecule has 1 rings (SSSR count). The minimum atomic E-state index is -3.71. The number of hydrogen-bond acceptors (Lipinski definition) is 4. The van der Waals surface area contributed by atoms with Crippen LogP contribution in [0.5, 0.6) is 0 Å². The van der Waals surface area contributed by atoms with Crippen molar-refractivity contribution in [1.29, 1.82) is 0 Å². The molecule has 1 N–H and O–H groups in total. The molecule has 0 aromatic carbocycles. The summed E-state index contributed by atoms with van der Waals surface area (Å²) in [5, 5.41) is 9.36. The van der Waals surface area contributed by atoms with E-state index in [0.717, 1.165) is 0 Å². The Balaban J connectivity index is 3.45. The molecule has 0 radical (unpaired) electrons. The van der Waals surface area contributed by atoms with Gasteiger partial charge in [-0.05, 0) is 27.7 Å². The number of aliphatic hydroxyl groups excluding tert-OH is 1. The summed E-state index contributed by atoms with van der Waals surface area (Å²) in [5.41, 5.74) is 0.326. The first kappa shape index (κ1) is 15.9. The third-order valence-corrected chi connectivity index (χ3v) is 5.17. The lowest BCUT2D eigenvalue weighted by atomic mass is 10.2. The van der Waals surface area contributed by atoms with Crippen molar-refractivity contribution < 1.29 is 17.9 Å². The lowest BCUT2D eigenvalue weighted by molar-refractivity contribution is 0.276. The number of rotatable bonds is 6. The molecule has 0 aliphatic carbocycles. The zero-order valence-corrected chi connectivity index (χ0v) is 12.6. The lowest BCUT2D eigenvalue weighted by Crippen LogP contribution is -2.37. The summed E-state index contributed by atoms with van der Waals surface area (Å²) >= 11 is 0. The molecule has 0 saturated heterocycles. The van der Waals surface area contributed by atoms with Crippen molar-refractivity contribution in [2.45, 2.75) is 45.2 Å². The molecule has 6 heteroatoms. The van der Waals surface area contributed by atoms with Crippen molar-refractivity contribution in [1.82, 2.24) is 4.31 Å². The fraction of sp³-hybridized carbons (Fsp3) is 0.538. The molecule has 0 unspecified atom stereocenters. The van der Waals surface area contributed by atoms with Crippen molar-refractivity contribution >= 4 is 10.0 Å². The zero-order chi connectivity index (χ0) is 14.8. The second kappa shape index (κ2) is 5.90. The molecule has 1 aromatic rings. The highest BCUT2D eigenvalue weighted by atomic mass is 32.2. The molecule has 1 aromatic heterocycles. The van der Waals surface area contributed by atoms with Crippen LogP contribution in [0.2, 0.25) is 0 Å². The predicted octanol–water partition coefficient (Wildman–Crippen LogP) is 1.97. The molecule has 0 bridgehead atoms. The Bertz CT molecular complexity index is 557. The van der Waals surface area contributed by atoms with E-state index in [1.54, 1.807) is 33.8 Å². The largest absolute Gasteiger partial charge is 0.465 e. The molecular formula is C13H21NO4S. The van der Waals surface area contributed by atoms with E-state index in [4.69, 9.17) is 4.42 Å². The van der Waals surface area contributed by atoms with Crippen LogP contribution in [-0.4, -0.2) is 30.4 Å². The summed E-state index contributed by atoms with van der Waals surface area (Å²) in [4.78, 5) is 0.0723. The minimum Gasteiger partial charge on any atom is -0.465 e. The normalized spacial score (nSPS) is 12.4. The highest BCUT2D eigenvalue weighted by molar-refractivity contribution is 7.89. The van der Waals surface area contributed by atoms with Gasteiger partial charge in [0, 0.05) is 18.2 Å². The smallest absolute Gasteiger partial charge is 0.247 e. The molecular weight excluding hydrogens is 266 g/mol. The number of furan rings is 1. The van der Waals surface area contributed by atoms with Gasteiger partial charge in [0.05, 0.1) is 6.61 Å². The van der Waals surface area contributed by atoms with E-state index < -0.39 is 10.0 Å². The standard InChI is InChI=1S/C13H21NO4S/c1-6-7-14(9(2)3)19(16,17)13-11(5)18-10(4)12(13)8-15/h6,9,15H,1,7-8H2,2-5H3. The van der Waals surface area contributed by atoms with Gasteiger partial charge in [-0.2, -0.15) is 4.31 Å². The summed E-state index contributed by atoms with van der Waals surface area (Å²) in [7, 11) is -3.71. The van der Waals surface area contributed by atoms with E-state index in [2.05, 4.69) is 6.58 Å². The van der Waals surface area contributed by atoms with Crippen molar-refractivity contribution in [3.63, 3.8) is 0 Å². The molecule has 0 aliphatic rings. The fourth-order valence-corrected chi connectivity index (χ4v) is 4.08. The SMILES string of the molecule is C=CCN(C(C)C)S(=O)(=O)c1c(C)oc(C)c1CO. The van der Waals surface area contributed by atoms with Gasteiger partial charge in [0.2, 0.25) is 10.0 Å². The molecule has 0 amide bonds. The van der Waals surface area contributed by atoms with Crippen LogP contribution >= 0.6 is 0 Å². The summed E-state index contributed by atoms with van der Waals surface area (Å²) in [6.07, 6.45) is 1.54. The van der Waals surface area contributed by atoms with E-state index in [9.17, 15) is 13.5 Å². The molecule has 0 spiro atoms. The van der Waals surface area contributed by atoms with E-state index in [1.807, 2.05) is 0 Å². The quantitative estimate of drug-likeness (QED) is 0.812. The first-order chi connectivity index (χ1) is 8.77. The Morgan fingerprint density at radius 2 is 1.95 bits per heavy atom. The van der Waals surface area contributed by atoms with Crippen molar-refractivity contribution in [3.8, 4) is 0 Å². The Labute approximate surface area is 114 Å². The number of sulfonamides is 1. The molecule has 0 saturated carbocycles. The van der Waals surface area contributed by atoms with Gasteiger partial charge in [-0.25, -0.2) is 8.42 Å². The highest BCUT2D eigenvalue weighted by Gasteiger charge is 2.33. The number of aryl methyl sites for hydroxylation is 2. The monoisotopic (exact) mass is 287 g/mol. The maximum absolute atomic E-state index is 12.7. The van der Waals surface area contributed by atoms with Crippen LogP contribution in [0, 0.1) is 13.8 Å². The maximum Gasteiger partial charge on any atom is 0.247 e. The first-order valence-corrected chi connectivity index (χ1v) is 7.53. The second-order valence-electron chi connectivity index (χ2n) is 4.64. The summed E-state index contributed by atoms with van der Waals surface area (Å²) in [6, 6.07) is -0.204. The van der Waals surface area contributed by atoms with Crippen LogP contribution in [0.3, 0.4) is 0 Å². The summed E-state index contributed by atoms with van der Waals surface area (Å²) < 4.78 is 32.0. The van der Waals surface area contributed by atoms with Crippen molar-refractivity contribution in [3.05, 3.63) is 29.7 Å². The molecule has 0 aliphatic heterocycles. The lowest BCUT2D eigenvalue weighted by Gasteiger charge is -2.24. The fourth-order valence-electron chi connectivity index (χ4n) is 2.06. The van der Waals surface area contributed by atoms with E-state index in [-0.39, 0.29) is 24.1 Å². The topological polar surface area (TPSA) is 70.8 Å². The van der Waals surface area contributed by atoms with Gasteiger partial charge < -0.3 is 9.52 Å². The molecule has 0 fully saturated rings. The number of hydrogen-bond donors (Lipinski definition) is 1. The van der Waals surface area contributed by atoms with Crippen LogP contribution in [0.15, 0.2) is 22.0 Å². The summed E-state index contributed by atoms with van der Waals surface area (Å²) in [6.45, 7) is 10.3. The third kappa shape index (κ3) is 2.91. The van der Waals surface area contributed by atoms with Gasteiger partial charge in [0.25, 0.3) is 0 Å². The Morgan fingerprint density at radius 3 is 2.37 bits per heavy atom. The first-order valence-electron chi connectivity index (χ1n) is 6.09. The van der Waals surface area contributed by atoms with Gasteiger partial charge in [-0.15, -0.1) is 6.58 Å². The Hall–Kier alpha value is -1.11. The van der Waals surface area contributed by atoms with Gasteiger partial charge in [-0.1, -0.05) is 6.08 Å². The average Bonchev–Trinajstić information content (AvgIpc) is 2.60. The Kier molecular flexibility index (Phi) is 4.95. The van der Waals surface area contributed by atoms with E-state index in [0.29, 0.717) is 17.1 Å². The van der Waals surface area contributed by atoms with Crippen LogP contribution in [0.4, 0.5) is 0 Å². The van der Waals surface area contributed by atoms with Gasteiger partial charge in [0.1, 0.15) is 16.4 Å². The Morgan fingerprint density at radius 1 is 1.37 bits per heavy atom. The zero-order valence-electron chi connectivity index (χ0n) is 11.8. The number of aliphatic hydroxyl groups is 1. The number of nitrogens with zero attached hydrogens (tertiary/aromatic N) is 1. The van der Waals surface area contributed by atoms with Crippen LogP contribution in [-0.2, 0) is 16.6 Å². The van der Waals surface area contributed by atoms with E-state index in [1.165, 1.54) is 4.31 Å². The molecule has 0 atom stereocenters. The second-order valence-corrected chi connectivity index (χ2v) is 6.46. The van der Waals surface area contributed by atoms with Crippen molar-refractivity contribution in [2.24, 2.45) is 0 Å². The van der Waals surface area contributed by atoms with Crippen LogP contribution in [0.1, 0.15) is 30.9 Å². The molecule has 19 heavy (non-hydrogen) atoms. The summed E-state index contributed by atoms with van der Waals surface area (Å²) in [5.74, 6) is 0.733. The maximum atomic E-state index is 12.7. The van der Waals surface area contributed by atoms with Gasteiger partial charge in [0.15, 0.2) is 0 Å².